The minimum atomic E-state index is -0.623. The van der Waals surface area contributed by atoms with Crippen LogP contribution in [0.25, 0.3) is 0 Å². The molecule has 118 valence electrons. The largest absolute Gasteiger partial charge is 0.382 e. The van der Waals surface area contributed by atoms with E-state index in [1.54, 1.807) is 32.9 Å². The molecule has 4 N–H and O–H groups in total. The van der Waals surface area contributed by atoms with Gasteiger partial charge in [-0.2, -0.15) is 10.4 Å². The van der Waals surface area contributed by atoms with E-state index in [9.17, 15) is 9.59 Å². The first-order chi connectivity index (χ1) is 10.7. The van der Waals surface area contributed by atoms with Crippen LogP contribution in [0.4, 0.5) is 5.69 Å². The fraction of sp³-hybridized carbons (Fsp3) is 0.267. The van der Waals surface area contributed by atoms with E-state index in [1.807, 2.05) is 0 Å². The average Bonchev–Trinajstić information content (AvgIpc) is 2.70. The number of benzene rings is 1. The number of nitrogens with two attached hydrogens (primary N) is 1. The second-order valence-electron chi connectivity index (χ2n) is 5.97. The molecule has 0 bridgehead atoms. The lowest BCUT2D eigenvalue weighted by atomic mass is 10.1. The molecule has 1 aromatic rings. The third-order valence-corrected chi connectivity index (χ3v) is 3.22. The summed E-state index contributed by atoms with van der Waals surface area (Å²) in [7, 11) is 0. The Bertz CT molecular complexity index is 782. The zero-order valence-corrected chi connectivity index (χ0v) is 13.0. The van der Waals surface area contributed by atoms with E-state index in [0.717, 1.165) is 0 Å². The number of amidine groups is 1. The van der Waals surface area contributed by atoms with E-state index in [4.69, 9.17) is 16.4 Å². The summed E-state index contributed by atoms with van der Waals surface area (Å²) < 4.78 is 0. The minimum absolute atomic E-state index is 0.270. The molecule has 0 aliphatic carbocycles. The predicted octanol–water partition coefficient (Wildman–Crippen LogP) is 1.31. The number of imide groups is 1. The minimum Gasteiger partial charge on any atom is -0.382 e. The Morgan fingerprint density at radius 2 is 1.91 bits per heavy atom. The van der Waals surface area contributed by atoms with Crippen LogP contribution in [0.3, 0.4) is 0 Å². The Kier molecular flexibility index (Phi) is 3.89. The molecule has 8 heteroatoms. The van der Waals surface area contributed by atoms with Crippen molar-refractivity contribution in [3.8, 4) is 6.07 Å². The molecule has 0 radical (unpaired) electrons. The first kappa shape index (κ1) is 16.2. The van der Waals surface area contributed by atoms with Crippen molar-refractivity contribution in [2.45, 2.75) is 26.3 Å². The monoisotopic (exact) mass is 312 g/mol. The summed E-state index contributed by atoms with van der Waals surface area (Å²) >= 11 is 0. The van der Waals surface area contributed by atoms with Gasteiger partial charge in [-0.3, -0.25) is 25.3 Å². The van der Waals surface area contributed by atoms with Gasteiger partial charge in [0, 0.05) is 5.54 Å². The molecule has 1 aromatic carbocycles. The number of hydrazone groups is 1. The molecule has 2 rings (SSSR count). The molecule has 23 heavy (non-hydrogen) atoms. The van der Waals surface area contributed by atoms with Crippen molar-refractivity contribution in [1.29, 1.82) is 10.7 Å². The second kappa shape index (κ2) is 5.53. The molecule has 0 saturated heterocycles. The lowest BCUT2D eigenvalue weighted by Crippen LogP contribution is -2.45. The second-order valence-corrected chi connectivity index (χ2v) is 5.97. The van der Waals surface area contributed by atoms with Crippen molar-refractivity contribution in [2.75, 3.05) is 5.43 Å². The molecule has 0 aromatic heterocycles. The van der Waals surface area contributed by atoms with Gasteiger partial charge in [0.05, 0.1) is 16.8 Å². The molecule has 2 amide bonds. The Labute approximate surface area is 133 Å². The molecule has 8 nitrogen and oxygen atoms in total. The predicted molar refractivity (Wildman–Crippen MR) is 85.3 cm³/mol. The van der Waals surface area contributed by atoms with Gasteiger partial charge >= 0.3 is 0 Å². The number of nitrogens with zero attached hydrogens (tertiary/aromatic N) is 3. The van der Waals surface area contributed by atoms with Crippen molar-refractivity contribution in [1.82, 2.24) is 4.90 Å². The van der Waals surface area contributed by atoms with E-state index in [-0.39, 0.29) is 23.1 Å². The Balaban J connectivity index is 2.35. The van der Waals surface area contributed by atoms with Crippen LogP contribution in [-0.4, -0.2) is 33.8 Å². The SMILES string of the molecule is CC(C)(C)N1C(=O)c2ccc(N/N=C(\C#N)C(=N)N)cc2C1=O. The summed E-state index contributed by atoms with van der Waals surface area (Å²) in [5, 5.41) is 19.7. The third kappa shape index (κ3) is 2.89. The van der Waals surface area contributed by atoms with Crippen molar-refractivity contribution in [3.05, 3.63) is 29.3 Å². The molecule has 1 aliphatic rings. The standard InChI is InChI=1S/C15H16N6O2/c1-15(2,3)21-13(22)9-5-4-8(6-10(9)14(21)23)19-20-11(7-16)12(17)18/h4-6,19H,1-3H3,(H3,17,18)/b20-11+. The van der Waals surface area contributed by atoms with E-state index in [2.05, 4.69) is 10.5 Å². The summed E-state index contributed by atoms with van der Waals surface area (Å²) in [6.45, 7) is 5.35. The first-order valence-corrected chi connectivity index (χ1v) is 6.78. The summed E-state index contributed by atoms with van der Waals surface area (Å²) in [6, 6.07) is 6.25. The topological polar surface area (TPSA) is 135 Å². The fourth-order valence-electron chi connectivity index (χ4n) is 2.19. The molecule has 0 spiro atoms. The van der Waals surface area contributed by atoms with Crippen LogP contribution in [0.2, 0.25) is 0 Å². The number of nitrogens with one attached hydrogen (secondary N) is 2. The number of carbonyl (C=O) groups is 2. The van der Waals surface area contributed by atoms with Gasteiger partial charge in [0.25, 0.3) is 11.8 Å². The number of hydrogen-bond acceptors (Lipinski definition) is 6. The number of fused-ring (bicyclic) bond motifs is 1. The summed E-state index contributed by atoms with van der Waals surface area (Å²) in [4.78, 5) is 26.0. The molecule has 0 saturated carbocycles. The highest BCUT2D eigenvalue weighted by Gasteiger charge is 2.41. The van der Waals surface area contributed by atoms with Gasteiger partial charge in [-0.05, 0) is 39.0 Å². The highest BCUT2D eigenvalue weighted by atomic mass is 16.2. The van der Waals surface area contributed by atoms with Gasteiger partial charge in [-0.1, -0.05) is 0 Å². The van der Waals surface area contributed by atoms with Crippen molar-refractivity contribution < 1.29 is 9.59 Å². The number of nitriles is 1. The first-order valence-electron chi connectivity index (χ1n) is 6.78. The van der Waals surface area contributed by atoms with Crippen LogP contribution in [0.5, 0.6) is 0 Å². The number of rotatable bonds is 3. The van der Waals surface area contributed by atoms with Crippen molar-refractivity contribution >= 4 is 29.0 Å². The maximum absolute atomic E-state index is 12.4. The molecule has 0 unspecified atom stereocenters. The lowest BCUT2D eigenvalue weighted by Gasteiger charge is -2.29. The van der Waals surface area contributed by atoms with Gasteiger partial charge < -0.3 is 5.73 Å². The van der Waals surface area contributed by atoms with Crippen LogP contribution in [-0.2, 0) is 0 Å². The Morgan fingerprint density at radius 1 is 1.30 bits per heavy atom. The summed E-state index contributed by atoms with van der Waals surface area (Å²) in [5.74, 6) is -1.18. The van der Waals surface area contributed by atoms with E-state index >= 15 is 0 Å². The van der Waals surface area contributed by atoms with Crippen LogP contribution < -0.4 is 11.2 Å². The van der Waals surface area contributed by atoms with Crippen LogP contribution in [0, 0.1) is 16.7 Å². The van der Waals surface area contributed by atoms with E-state index in [1.165, 1.54) is 17.0 Å². The van der Waals surface area contributed by atoms with E-state index in [0.29, 0.717) is 11.3 Å². The van der Waals surface area contributed by atoms with Gasteiger partial charge in [-0.15, -0.1) is 0 Å². The van der Waals surface area contributed by atoms with Gasteiger partial charge in [0.1, 0.15) is 6.07 Å². The zero-order valence-electron chi connectivity index (χ0n) is 13.0. The van der Waals surface area contributed by atoms with Gasteiger partial charge in [0.2, 0.25) is 5.71 Å². The zero-order chi connectivity index (χ0) is 17.4. The highest BCUT2D eigenvalue weighted by molar-refractivity contribution is 6.45. The molecule has 1 aliphatic heterocycles. The van der Waals surface area contributed by atoms with Crippen LogP contribution >= 0.6 is 0 Å². The fourth-order valence-corrected chi connectivity index (χ4v) is 2.19. The quantitative estimate of drug-likeness (QED) is 0.334. The lowest BCUT2D eigenvalue weighted by molar-refractivity contribution is 0.0508. The van der Waals surface area contributed by atoms with Gasteiger partial charge in [-0.25, -0.2) is 0 Å². The Hall–Kier alpha value is -3.21. The maximum atomic E-state index is 12.4. The molecule has 0 atom stereocenters. The Morgan fingerprint density at radius 3 is 2.43 bits per heavy atom. The highest BCUT2D eigenvalue weighted by Crippen LogP contribution is 2.30. The maximum Gasteiger partial charge on any atom is 0.262 e. The number of amides is 2. The number of carbonyl (C=O) groups excluding carboxylic acids is 2. The van der Waals surface area contributed by atoms with Crippen molar-refractivity contribution in [3.63, 3.8) is 0 Å². The number of anilines is 1. The molecule has 0 fully saturated rings. The van der Waals surface area contributed by atoms with Gasteiger partial charge in [0.15, 0.2) is 5.84 Å². The van der Waals surface area contributed by atoms with Crippen LogP contribution in [0.1, 0.15) is 41.5 Å². The van der Waals surface area contributed by atoms with Crippen molar-refractivity contribution in [2.24, 2.45) is 10.8 Å². The smallest absolute Gasteiger partial charge is 0.262 e. The molecular formula is C15H16N6O2. The molecule has 1 heterocycles. The summed E-state index contributed by atoms with van der Waals surface area (Å²) in [6.07, 6.45) is 0. The molecular weight excluding hydrogens is 296 g/mol. The third-order valence-electron chi connectivity index (χ3n) is 3.22. The average molecular weight is 312 g/mol. The number of hydrogen-bond donors (Lipinski definition) is 3. The summed E-state index contributed by atoms with van der Waals surface area (Å²) in [5.41, 5.74) is 7.86. The van der Waals surface area contributed by atoms with E-state index < -0.39 is 11.4 Å². The van der Waals surface area contributed by atoms with Crippen LogP contribution in [0.15, 0.2) is 23.3 Å². The normalized spacial score (nSPS) is 14.5.